The van der Waals surface area contributed by atoms with E-state index in [1.54, 1.807) is 48.5 Å². The zero-order valence-corrected chi connectivity index (χ0v) is 17.8. The van der Waals surface area contributed by atoms with E-state index in [1.807, 2.05) is 0 Å². The van der Waals surface area contributed by atoms with E-state index in [1.165, 1.54) is 7.11 Å². The largest absolute Gasteiger partial charge is 0.497 e. The van der Waals surface area contributed by atoms with Crippen LogP contribution in [0.4, 0.5) is 5.69 Å². The number of hydrogen-bond donors (Lipinski definition) is 3. The van der Waals surface area contributed by atoms with Gasteiger partial charge < -0.3 is 20.7 Å². The summed E-state index contributed by atoms with van der Waals surface area (Å²) in [6, 6.07) is 13.5. The summed E-state index contributed by atoms with van der Waals surface area (Å²) in [5.74, 6) is 0.162. The first-order chi connectivity index (χ1) is 12.7. The molecule has 5 nitrogen and oxygen atoms in total. The average molecular weight is 467 g/mol. The van der Waals surface area contributed by atoms with E-state index in [0.717, 1.165) is 0 Å². The van der Waals surface area contributed by atoms with Crippen LogP contribution < -0.4 is 20.7 Å². The highest BCUT2D eigenvalue weighted by molar-refractivity contribution is 7.80. The van der Waals surface area contributed by atoms with Gasteiger partial charge in [-0.2, -0.15) is 0 Å². The third-order valence-corrected chi connectivity index (χ3v) is 4.56. The normalized spacial score (nSPS) is 12.0. The van der Waals surface area contributed by atoms with Crippen molar-refractivity contribution in [2.75, 3.05) is 12.4 Å². The molecule has 0 aromatic heterocycles. The van der Waals surface area contributed by atoms with Gasteiger partial charge in [-0.25, -0.2) is 0 Å². The van der Waals surface area contributed by atoms with Crippen LogP contribution in [0, 0.1) is 0 Å². The lowest BCUT2D eigenvalue weighted by Gasteiger charge is -2.28. The first kappa shape index (κ1) is 21.9. The number of rotatable bonds is 5. The Balaban J connectivity index is 2.07. The van der Waals surface area contributed by atoms with E-state index in [4.69, 9.17) is 63.4 Å². The molecule has 144 valence electrons. The minimum absolute atomic E-state index is 0.120. The molecule has 1 atom stereocenters. The minimum atomic E-state index is -1.87. The first-order valence-electron chi connectivity index (χ1n) is 7.54. The molecular formula is C17H15Cl4N3O2S. The maximum absolute atomic E-state index is 12.4. The van der Waals surface area contributed by atoms with Crippen LogP contribution in [0.5, 0.6) is 5.75 Å². The van der Waals surface area contributed by atoms with Gasteiger partial charge in [-0.3, -0.25) is 4.79 Å². The molecule has 0 aliphatic carbocycles. The van der Waals surface area contributed by atoms with Crippen molar-refractivity contribution < 1.29 is 9.53 Å². The molecule has 0 heterocycles. The molecule has 0 saturated carbocycles. The van der Waals surface area contributed by atoms with Crippen LogP contribution in [-0.2, 0) is 0 Å². The number of nitrogens with one attached hydrogen (secondary N) is 3. The number of anilines is 1. The summed E-state index contributed by atoms with van der Waals surface area (Å²) in [7, 11) is 1.53. The van der Waals surface area contributed by atoms with Crippen molar-refractivity contribution in [3.63, 3.8) is 0 Å². The summed E-state index contributed by atoms with van der Waals surface area (Å²) in [5, 5.41) is 8.83. The van der Waals surface area contributed by atoms with E-state index in [2.05, 4.69) is 16.0 Å². The number of carbonyl (C=O) groups is 1. The number of thiocarbonyl (C=S) groups is 1. The molecule has 0 saturated heterocycles. The van der Waals surface area contributed by atoms with Gasteiger partial charge in [0.15, 0.2) is 5.11 Å². The smallest absolute Gasteiger partial charge is 0.252 e. The van der Waals surface area contributed by atoms with Gasteiger partial charge in [-0.1, -0.05) is 58.5 Å². The Hall–Kier alpha value is -1.44. The van der Waals surface area contributed by atoms with Crippen molar-refractivity contribution in [3.05, 3.63) is 59.1 Å². The Labute approximate surface area is 182 Å². The summed E-state index contributed by atoms with van der Waals surface area (Å²) >= 11 is 29.2. The standard InChI is InChI=1S/C17H15Cl4N3O2S/c1-26-11-8-6-10(7-9-11)14(25)23-15(17(19,20)21)24-16(27)22-13-5-3-2-4-12(13)18/h2-9,15H,1H3,(H,23,25)(H2,22,24,27)/t15-/m1/s1. The molecule has 0 radical (unpaired) electrons. The van der Waals surface area contributed by atoms with Crippen LogP contribution in [0.15, 0.2) is 48.5 Å². The lowest BCUT2D eigenvalue weighted by atomic mass is 10.2. The second kappa shape index (κ2) is 9.66. The van der Waals surface area contributed by atoms with Gasteiger partial charge in [0, 0.05) is 5.56 Å². The van der Waals surface area contributed by atoms with Gasteiger partial charge in [0.1, 0.15) is 11.9 Å². The lowest BCUT2D eigenvalue weighted by Crippen LogP contribution is -2.56. The zero-order chi connectivity index (χ0) is 20.0. The van der Waals surface area contributed by atoms with Crippen LogP contribution in [0.3, 0.4) is 0 Å². The van der Waals surface area contributed by atoms with Crippen LogP contribution in [0.2, 0.25) is 5.02 Å². The Morgan fingerprint density at radius 3 is 2.26 bits per heavy atom. The molecule has 2 rings (SSSR count). The third kappa shape index (κ3) is 6.59. The summed E-state index contributed by atoms with van der Waals surface area (Å²) in [4.78, 5) is 12.4. The van der Waals surface area contributed by atoms with Crippen LogP contribution >= 0.6 is 58.6 Å². The van der Waals surface area contributed by atoms with E-state index in [0.29, 0.717) is 22.0 Å². The predicted molar refractivity (Wildman–Crippen MR) is 115 cm³/mol. The van der Waals surface area contributed by atoms with Crippen LogP contribution in [0.1, 0.15) is 10.4 Å². The van der Waals surface area contributed by atoms with E-state index in [9.17, 15) is 4.79 Å². The molecule has 3 N–H and O–H groups in total. The zero-order valence-electron chi connectivity index (χ0n) is 13.9. The van der Waals surface area contributed by atoms with Gasteiger partial charge in [0.2, 0.25) is 3.79 Å². The average Bonchev–Trinajstić information content (AvgIpc) is 2.62. The van der Waals surface area contributed by atoms with Gasteiger partial charge in [-0.15, -0.1) is 0 Å². The minimum Gasteiger partial charge on any atom is -0.497 e. The summed E-state index contributed by atoms with van der Waals surface area (Å²) in [6.07, 6.45) is -1.10. The number of para-hydroxylation sites is 1. The van der Waals surface area contributed by atoms with Crippen molar-refractivity contribution in [1.29, 1.82) is 0 Å². The number of hydrogen-bond acceptors (Lipinski definition) is 3. The highest BCUT2D eigenvalue weighted by atomic mass is 35.6. The number of amides is 1. The second-order valence-electron chi connectivity index (χ2n) is 5.25. The Morgan fingerprint density at radius 2 is 1.70 bits per heavy atom. The molecule has 2 aromatic carbocycles. The fourth-order valence-electron chi connectivity index (χ4n) is 2.01. The molecule has 0 spiro atoms. The number of ether oxygens (including phenoxy) is 1. The number of alkyl halides is 3. The van der Waals surface area contributed by atoms with Crippen LogP contribution in [-0.4, -0.2) is 28.1 Å². The molecular weight excluding hydrogens is 452 g/mol. The van der Waals surface area contributed by atoms with Crippen molar-refractivity contribution in [3.8, 4) is 5.75 Å². The highest BCUT2D eigenvalue weighted by Gasteiger charge is 2.35. The Bertz CT molecular complexity index is 813. The van der Waals surface area contributed by atoms with E-state index in [-0.39, 0.29) is 5.11 Å². The monoisotopic (exact) mass is 465 g/mol. The fourth-order valence-corrected chi connectivity index (χ4v) is 2.75. The van der Waals surface area contributed by atoms with E-state index >= 15 is 0 Å². The fraction of sp³-hybridized carbons (Fsp3) is 0.176. The number of methoxy groups -OCH3 is 1. The molecule has 0 aliphatic heterocycles. The molecule has 2 aromatic rings. The van der Waals surface area contributed by atoms with E-state index < -0.39 is 15.9 Å². The maximum Gasteiger partial charge on any atom is 0.252 e. The molecule has 0 unspecified atom stereocenters. The molecule has 0 bridgehead atoms. The topological polar surface area (TPSA) is 62.4 Å². The quantitative estimate of drug-likeness (QED) is 0.337. The molecule has 0 aliphatic rings. The maximum atomic E-state index is 12.4. The predicted octanol–water partition coefficient (Wildman–Crippen LogP) is 4.76. The SMILES string of the molecule is COc1ccc(C(=O)N[C@H](NC(=S)Nc2ccccc2Cl)C(Cl)(Cl)Cl)cc1. The third-order valence-electron chi connectivity index (χ3n) is 3.35. The van der Waals surface area contributed by atoms with Gasteiger partial charge in [0.25, 0.3) is 5.91 Å². The highest BCUT2D eigenvalue weighted by Crippen LogP contribution is 2.29. The Kier molecular flexibility index (Phi) is 7.82. The molecule has 0 fully saturated rings. The van der Waals surface area contributed by atoms with Crippen LogP contribution in [0.25, 0.3) is 0 Å². The van der Waals surface area contributed by atoms with Crippen molar-refractivity contribution >= 4 is 75.3 Å². The number of carbonyl (C=O) groups excluding carboxylic acids is 1. The van der Waals surface area contributed by atoms with Gasteiger partial charge in [0.05, 0.1) is 17.8 Å². The number of benzene rings is 2. The van der Waals surface area contributed by atoms with Gasteiger partial charge >= 0.3 is 0 Å². The second-order valence-corrected chi connectivity index (χ2v) is 8.44. The van der Waals surface area contributed by atoms with Crippen molar-refractivity contribution in [2.24, 2.45) is 0 Å². The summed E-state index contributed by atoms with van der Waals surface area (Å²) in [5.41, 5.74) is 0.933. The number of halogens is 4. The van der Waals surface area contributed by atoms with Crippen molar-refractivity contribution in [1.82, 2.24) is 10.6 Å². The molecule has 27 heavy (non-hydrogen) atoms. The molecule has 10 heteroatoms. The van der Waals surface area contributed by atoms with Gasteiger partial charge in [-0.05, 0) is 48.6 Å². The first-order valence-corrected chi connectivity index (χ1v) is 9.46. The Morgan fingerprint density at radius 1 is 1.07 bits per heavy atom. The van der Waals surface area contributed by atoms with Crippen molar-refractivity contribution in [2.45, 2.75) is 9.96 Å². The summed E-state index contributed by atoms with van der Waals surface area (Å²) < 4.78 is 3.19. The molecule has 1 amide bonds. The lowest BCUT2D eigenvalue weighted by molar-refractivity contribution is 0.0934. The summed E-state index contributed by atoms with van der Waals surface area (Å²) in [6.45, 7) is 0.